The van der Waals surface area contributed by atoms with E-state index >= 15 is 0 Å². The molecule has 0 amide bonds. The van der Waals surface area contributed by atoms with E-state index in [0.29, 0.717) is 5.92 Å². The molecule has 0 bridgehead atoms. The van der Waals surface area contributed by atoms with Gasteiger partial charge in [0.05, 0.1) is 6.33 Å². The SMILES string of the molecule is C.C.C.C.C.C.CC(C)CC1CCCCC1.CC(C)CCc1ccc(-c2ccccc2)cc1.CC(C)CCc1ccccc1.CC(C)Cc1c[nH]c2ccccc12.CC(C)Cc1ccc(-c2ccccc2)cc1.CC(C)Cc1ccc2ccccc2c1.CC(C)Cc1cccc2ccccc12.CC(C)Cc1cnc[nH]1.Cc1ccc(CCC(C)C)cc1. The van der Waals surface area contributed by atoms with E-state index in [2.05, 4.69) is 426 Å². The standard InChI is InChI=1S/C17H20.C16H18.2C14H16.C12H15N.C12H18.C11H16.C10H20.C7H12N2.6CH4/c1-14(2)8-9-15-10-12-17(13-11-15)16-6-4-3-5-7-16;1-13(2)12-14-8-10-16(11-9-14)15-6-4-3-5-7-15;1-11(2)10-13-8-5-7-12-6-3-4-9-14(12)13;1-11(2)9-12-7-8-13-5-3-4-6-14(13)10-12;1-9(2)7-10-8-13-12-6-4-3-5-11(10)12;1-10(2)4-7-12-8-5-11(3)6-9-12;1-10(2)8-9-11-6-4-3-5-7-11;1-9(2)8-10-6-4-3-5-7-10;1-6(2)3-7-4-8-5-9-7;;;;;;/h3-7,10-14H,8-9H2,1-2H3;3-11,13H,12H2,1-2H3;3-9,11H,10H2,1-2H3;3-8,10-11H,9H2,1-2H3;3-6,8-9,13H,7H2,1-2H3;5-6,8-10H,4,7H2,1-3H3;3-7,10H,8-9H2,1-2H3;9-10H,3-8H2,1-2H3;4-6H,3H2,1-2H3,(H,8,9);6*1H4. The lowest BCUT2D eigenvalue weighted by molar-refractivity contribution is 0.305. The van der Waals surface area contributed by atoms with Crippen molar-refractivity contribution in [1.82, 2.24) is 15.0 Å². The summed E-state index contributed by atoms with van der Waals surface area (Å²) < 4.78 is 0. The summed E-state index contributed by atoms with van der Waals surface area (Å²) in [6.07, 6.45) is 28.0. The summed E-state index contributed by atoms with van der Waals surface area (Å²) in [5, 5.41) is 6.82. The first-order valence-electron chi connectivity index (χ1n) is 44.7. The third-order valence-electron chi connectivity index (χ3n) is 20.7. The molecule has 2 N–H and O–H groups in total. The van der Waals surface area contributed by atoms with E-state index in [4.69, 9.17) is 0 Å². The van der Waals surface area contributed by atoms with Crippen LogP contribution in [0.1, 0.15) is 277 Å². The summed E-state index contributed by atoms with van der Waals surface area (Å²) >= 11 is 0. The molecule has 3 heteroatoms. The van der Waals surface area contributed by atoms with Gasteiger partial charge in [0.25, 0.3) is 0 Å². The van der Waals surface area contributed by atoms with Crippen molar-refractivity contribution >= 4 is 32.4 Å². The van der Waals surface area contributed by atoms with E-state index in [1.165, 1.54) is 195 Å². The second-order valence-corrected chi connectivity index (χ2v) is 36.3. The van der Waals surface area contributed by atoms with Gasteiger partial charge in [-0.15, -0.1) is 0 Å². The first-order valence-corrected chi connectivity index (χ1v) is 44.7. The van der Waals surface area contributed by atoms with Crippen molar-refractivity contribution in [2.24, 2.45) is 59.2 Å². The summed E-state index contributed by atoms with van der Waals surface area (Å²) in [6.45, 7) is 42.9. The number of aryl methyl sites for hydroxylation is 4. The molecule has 11 aromatic carbocycles. The number of imidazole rings is 1. The molecule has 14 rings (SSSR count). The highest BCUT2D eigenvalue weighted by atomic mass is 14.9. The molecule has 0 atom stereocenters. The highest BCUT2D eigenvalue weighted by Gasteiger charge is 2.14. The lowest BCUT2D eigenvalue weighted by atomic mass is 9.84. The van der Waals surface area contributed by atoms with Crippen molar-refractivity contribution in [2.75, 3.05) is 0 Å². The van der Waals surface area contributed by atoms with E-state index in [1.807, 2.05) is 6.20 Å². The maximum atomic E-state index is 3.92. The van der Waals surface area contributed by atoms with Gasteiger partial charge in [-0.1, -0.05) is 474 Å². The first kappa shape index (κ1) is 113. The predicted molar refractivity (Wildman–Crippen MR) is 555 cm³/mol. The van der Waals surface area contributed by atoms with E-state index in [0.717, 1.165) is 72.5 Å². The van der Waals surface area contributed by atoms with Crippen LogP contribution in [0.25, 0.3) is 54.7 Å². The average Bonchev–Trinajstić information content (AvgIpc) is 1.65. The lowest BCUT2D eigenvalue weighted by Gasteiger charge is -2.22. The van der Waals surface area contributed by atoms with Gasteiger partial charge in [-0.3, -0.25) is 0 Å². The Hall–Kier alpha value is -9.31. The molecule has 0 unspecified atom stereocenters. The van der Waals surface area contributed by atoms with E-state index in [-0.39, 0.29) is 44.6 Å². The van der Waals surface area contributed by atoms with Crippen LogP contribution in [0.3, 0.4) is 0 Å². The summed E-state index contributed by atoms with van der Waals surface area (Å²) in [6, 6.07) is 97.4. The number of fused-ring (bicyclic) bond motifs is 3. The second-order valence-electron chi connectivity index (χ2n) is 36.3. The quantitative estimate of drug-likeness (QED) is 0.0659. The Balaban J connectivity index is 0.00000135. The lowest BCUT2D eigenvalue weighted by Crippen LogP contribution is -2.08. The molecule has 0 spiro atoms. The first-order chi connectivity index (χ1) is 55.8. The fourth-order valence-electron chi connectivity index (χ4n) is 14.6. The Labute approximate surface area is 751 Å². The van der Waals surface area contributed by atoms with Crippen LogP contribution in [-0.2, 0) is 51.4 Å². The summed E-state index contributed by atoms with van der Waals surface area (Å²) in [7, 11) is 0. The highest BCUT2D eigenvalue weighted by molar-refractivity contribution is 5.86. The molecule has 666 valence electrons. The van der Waals surface area contributed by atoms with Gasteiger partial charge in [-0.05, 0) is 232 Å². The zero-order valence-corrected chi connectivity index (χ0v) is 75.5. The minimum Gasteiger partial charge on any atom is -0.361 e. The van der Waals surface area contributed by atoms with Gasteiger partial charge < -0.3 is 9.97 Å². The molecule has 13 aromatic rings. The third-order valence-corrected chi connectivity index (χ3v) is 20.7. The Morgan fingerprint density at radius 1 is 0.295 bits per heavy atom. The fraction of sp³-hybridized carbons (Fsp3) is 0.437. The Bertz CT molecular complexity index is 4570. The average molecular weight is 1650 g/mol. The van der Waals surface area contributed by atoms with Crippen molar-refractivity contribution in [3.63, 3.8) is 0 Å². The number of hydrogen-bond donors (Lipinski definition) is 2. The fourth-order valence-corrected chi connectivity index (χ4v) is 14.6. The van der Waals surface area contributed by atoms with Crippen LogP contribution < -0.4 is 0 Å². The van der Waals surface area contributed by atoms with Crippen LogP contribution in [-0.4, -0.2) is 15.0 Å². The van der Waals surface area contributed by atoms with E-state index in [9.17, 15) is 0 Å². The minimum absolute atomic E-state index is 0. The maximum Gasteiger partial charge on any atom is 0.0921 e. The monoisotopic (exact) mass is 1650 g/mol. The van der Waals surface area contributed by atoms with Gasteiger partial charge in [-0.2, -0.15) is 0 Å². The number of para-hydroxylation sites is 1. The number of benzene rings is 11. The number of hydrogen-bond acceptors (Lipinski definition) is 1. The van der Waals surface area contributed by atoms with Gasteiger partial charge >= 0.3 is 0 Å². The summed E-state index contributed by atoms with van der Waals surface area (Å²) in [4.78, 5) is 10.3. The number of H-pyrrole nitrogens is 2. The number of rotatable bonds is 23. The Morgan fingerprint density at radius 3 is 1.15 bits per heavy atom. The van der Waals surface area contributed by atoms with Crippen LogP contribution in [0.4, 0.5) is 0 Å². The van der Waals surface area contributed by atoms with Crippen LogP contribution in [0.5, 0.6) is 0 Å². The molecule has 1 fully saturated rings. The second kappa shape index (κ2) is 64.5. The topological polar surface area (TPSA) is 44.5 Å². The molecule has 1 aliphatic rings. The van der Waals surface area contributed by atoms with Crippen LogP contribution in [0.15, 0.2) is 292 Å². The maximum absolute atomic E-state index is 3.92. The number of nitrogens with zero attached hydrogens (tertiary/aromatic N) is 1. The van der Waals surface area contributed by atoms with Crippen LogP contribution in [0, 0.1) is 66.1 Å². The molecular weight excluding hydrogens is 1470 g/mol. The van der Waals surface area contributed by atoms with Gasteiger partial charge in [0, 0.05) is 29.0 Å². The molecule has 0 radical (unpaired) electrons. The van der Waals surface area contributed by atoms with Crippen molar-refractivity contribution < 1.29 is 0 Å². The van der Waals surface area contributed by atoms with Crippen molar-refractivity contribution in [3.05, 3.63) is 342 Å². The summed E-state index contributed by atoms with van der Waals surface area (Å²) in [5.74, 6) is 8.02. The van der Waals surface area contributed by atoms with E-state index < -0.39 is 0 Å². The van der Waals surface area contributed by atoms with Gasteiger partial charge in [0.2, 0.25) is 0 Å². The van der Waals surface area contributed by atoms with Crippen molar-refractivity contribution in [1.29, 1.82) is 0 Å². The van der Waals surface area contributed by atoms with E-state index in [1.54, 1.807) is 6.33 Å². The van der Waals surface area contributed by atoms with Crippen LogP contribution in [0.2, 0.25) is 0 Å². The largest absolute Gasteiger partial charge is 0.361 e. The zero-order chi connectivity index (χ0) is 83.8. The van der Waals surface area contributed by atoms with Gasteiger partial charge in [0.1, 0.15) is 0 Å². The Morgan fingerprint density at radius 2 is 0.680 bits per heavy atom. The molecule has 3 nitrogen and oxygen atoms in total. The minimum atomic E-state index is 0. The molecule has 0 saturated heterocycles. The molecule has 0 aliphatic heterocycles. The van der Waals surface area contributed by atoms with Gasteiger partial charge in [-0.25, -0.2) is 4.98 Å². The molecule has 2 aromatic heterocycles. The number of nitrogens with one attached hydrogen (secondary N) is 2. The van der Waals surface area contributed by atoms with Crippen molar-refractivity contribution in [3.8, 4) is 22.3 Å². The molecule has 1 saturated carbocycles. The predicted octanol–water partition coefficient (Wildman–Crippen LogP) is 36.8. The third kappa shape index (κ3) is 47.4. The molecular formula is C119H175N3. The Kier molecular flexibility index (Phi) is 59.6. The number of aromatic amines is 2. The van der Waals surface area contributed by atoms with Crippen LogP contribution >= 0.6 is 0 Å². The molecule has 122 heavy (non-hydrogen) atoms. The number of aromatic nitrogens is 3. The van der Waals surface area contributed by atoms with Gasteiger partial charge in [0.15, 0.2) is 0 Å². The molecule has 1 aliphatic carbocycles. The normalized spacial score (nSPS) is 11.2. The highest BCUT2D eigenvalue weighted by Crippen LogP contribution is 2.30. The van der Waals surface area contributed by atoms with Crippen molar-refractivity contribution in [2.45, 2.75) is 285 Å². The summed E-state index contributed by atoms with van der Waals surface area (Å²) in [5.41, 5.74) is 19.2. The zero-order valence-electron chi connectivity index (χ0n) is 75.5. The smallest absolute Gasteiger partial charge is 0.0921 e. The molecule has 2 heterocycles.